The van der Waals surface area contributed by atoms with Gasteiger partial charge in [-0.05, 0) is 23.6 Å². The molecule has 2 amide bonds. The lowest BCUT2D eigenvalue weighted by Crippen LogP contribution is -2.54. The van der Waals surface area contributed by atoms with Crippen LogP contribution in [0.3, 0.4) is 0 Å². The molecule has 2 N–H and O–H groups in total. The number of Topliss-reactive ketones (excluding diaryl/α,β-unsaturated/α-hetero) is 1. The molecule has 0 spiro atoms. The maximum Gasteiger partial charge on any atom is 0.408 e. The zero-order valence-corrected chi connectivity index (χ0v) is 20.1. The van der Waals surface area contributed by atoms with Gasteiger partial charge in [-0.25, -0.2) is 13.6 Å². The van der Waals surface area contributed by atoms with Crippen molar-refractivity contribution in [3.05, 3.63) is 65.7 Å². The van der Waals surface area contributed by atoms with E-state index in [1.54, 1.807) is 38.1 Å². The number of ether oxygens (including phenoxy) is 3. The van der Waals surface area contributed by atoms with Gasteiger partial charge in [-0.15, -0.1) is 0 Å². The molecular formula is C25H28F2N2O7. The molecule has 11 heteroatoms. The molecule has 0 unspecified atom stereocenters. The van der Waals surface area contributed by atoms with Gasteiger partial charge in [-0.3, -0.25) is 14.4 Å². The fraction of sp³-hybridized carbons (Fsp3) is 0.360. The van der Waals surface area contributed by atoms with E-state index in [0.717, 1.165) is 30.9 Å². The number of rotatable bonds is 12. The van der Waals surface area contributed by atoms with Crippen LogP contribution in [0.4, 0.5) is 13.6 Å². The molecule has 0 saturated heterocycles. The highest BCUT2D eigenvalue weighted by Crippen LogP contribution is 2.21. The van der Waals surface area contributed by atoms with Crippen LogP contribution in [0.15, 0.2) is 48.5 Å². The summed E-state index contributed by atoms with van der Waals surface area (Å²) in [6.45, 7) is 2.46. The van der Waals surface area contributed by atoms with Crippen LogP contribution in [0, 0.1) is 17.6 Å². The maximum absolute atomic E-state index is 13.8. The van der Waals surface area contributed by atoms with Crippen molar-refractivity contribution in [1.82, 2.24) is 10.6 Å². The molecule has 36 heavy (non-hydrogen) atoms. The Kier molecular flexibility index (Phi) is 10.8. The Bertz CT molecular complexity index is 1040. The molecule has 2 atom stereocenters. The van der Waals surface area contributed by atoms with Gasteiger partial charge >= 0.3 is 12.1 Å². The van der Waals surface area contributed by atoms with E-state index in [9.17, 15) is 28.0 Å². The molecule has 0 aliphatic carbocycles. The number of hydrogen-bond acceptors (Lipinski definition) is 7. The molecule has 0 saturated carbocycles. The van der Waals surface area contributed by atoms with Gasteiger partial charge in [-0.2, -0.15) is 0 Å². The number of halogens is 2. The summed E-state index contributed by atoms with van der Waals surface area (Å²) in [5.74, 6) is -5.67. The lowest BCUT2D eigenvalue weighted by molar-refractivity contribution is -0.143. The van der Waals surface area contributed by atoms with Gasteiger partial charge in [0.15, 0.2) is 23.2 Å². The summed E-state index contributed by atoms with van der Waals surface area (Å²) in [6.07, 6.45) is -1.42. The molecule has 2 aromatic carbocycles. The smallest absolute Gasteiger partial charge is 0.408 e. The Balaban J connectivity index is 2.05. The number of alkyl carbamates (subject to hydrolysis) is 1. The summed E-state index contributed by atoms with van der Waals surface area (Å²) < 4.78 is 42.3. The molecule has 9 nitrogen and oxygen atoms in total. The Labute approximate surface area is 207 Å². The van der Waals surface area contributed by atoms with Crippen LogP contribution in [0.1, 0.15) is 25.8 Å². The number of carbonyl (C=O) groups is 4. The summed E-state index contributed by atoms with van der Waals surface area (Å²) in [4.78, 5) is 49.7. The van der Waals surface area contributed by atoms with E-state index in [1.807, 2.05) is 6.07 Å². The molecule has 2 aromatic rings. The fourth-order valence-electron chi connectivity index (χ4n) is 3.05. The van der Waals surface area contributed by atoms with Crippen molar-refractivity contribution in [3.63, 3.8) is 0 Å². The minimum Gasteiger partial charge on any atom is -0.480 e. The molecule has 194 valence electrons. The van der Waals surface area contributed by atoms with Gasteiger partial charge in [0, 0.05) is 0 Å². The van der Waals surface area contributed by atoms with Gasteiger partial charge in [0.05, 0.1) is 13.5 Å². The second kappa shape index (κ2) is 13.8. The highest BCUT2D eigenvalue weighted by atomic mass is 19.1. The van der Waals surface area contributed by atoms with Crippen molar-refractivity contribution in [2.75, 3.05) is 13.7 Å². The Hall–Kier alpha value is -4.02. The fourth-order valence-corrected chi connectivity index (χ4v) is 3.05. The van der Waals surface area contributed by atoms with Crippen molar-refractivity contribution < 1.29 is 42.2 Å². The number of para-hydroxylation sites is 1. The second-order valence-corrected chi connectivity index (χ2v) is 8.07. The standard InChI is InChI=1S/C25H28F2N2O7/c1-15(2)22(29-25(33)36-13-16-8-5-4-6-9-16)24(32)28-19(12-21(31)34-3)20(30)14-35-23-17(26)10-7-11-18(23)27/h4-11,15,19,22H,12-14H2,1-3H3,(H,28,32)(H,29,33)/t19-,22-/m0/s1. The van der Waals surface area contributed by atoms with E-state index < -0.39 is 72.2 Å². The lowest BCUT2D eigenvalue weighted by atomic mass is 10.0. The summed E-state index contributed by atoms with van der Waals surface area (Å²) in [6, 6.07) is 9.37. The largest absolute Gasteiger partial charge is 0.480 e. The maximum atomic E-state index is 13.8. The summed E-state index contributed by atoms with van der Waals surface area (Å²) in [5, 5.41) is 4.82. The predicted molar refractivity (Wildman–Crippen MR) is 124 cm³/mol. The number of methoxy groups -OCH3 is 1. The topological polar surface area (TPSA) is 120 Å². The molecule has 0 heterocycles. The van der Waals surface area contributed by atoms with E-state index >= 15 is 0 Å². The Morgan fingerprint density at radius 3 is 2.14 bits per heavy atom. The Morgan fingerprint density at radius 1 is 0.917 bits per heavy atom. The van der Waals surface area contributed by atoms with E-state index in [0.29, 0.717) is 0 Å². The van der Waals surface area contributed by atoms with Crippen LogP contribution >= 0.6 is 0 Å². The molecule has 0 aliphatic rings. The first-order chi connectivity index (χ1) is 17.1. The monoisotopic (exact) mass is 506 g/mol. The number of benzene rings is 2. The van der Waals surface area contributed by atoms with Crippen molar-refractivity contribution in [2.24, 2.45) is 5.92 Å². The number of nitrogens with one attached hydrogen (secondary N) is 2. The molecule has 0 aromatic heterocycles. The van der Waals surface area contributed by atoms with Crippen LogP contribution in [-0.2, 0) is 30.5 Å². The van der Waals surface area contributed by atoms with Gasteiger partial charge < -0.3 is 24.8 Å². The highest BCUT2D eigenvalue weighted by Gasteiger charge is 2.31. The third-order valence-corrected chi connectivity index (χ3v) is 5.02. The van der Waals surface area contributed by atoms with Gasteiger partial charge in [0.1, 0.15) is 25.3 Å². The average molecular weight is 507 g/mol. The van der Waals surface area contributed by atoms with E-state index in [2.05, 4.69) is 15.4 Å². The molecular weight excluding hydrogens is 478 g/mol. The zero-order valence-electron chi connectivity index (χ0n) is 20.1. The van der Waals surface area contributed by atoms with Crippen LogP contribution in [0.25, 0.3) is 0 Å². The van der Waals surface area contributed by atoms with E-state index in [-0.39, 0.29) is 6.61 Å². The zero-order chi connectivity index (χ0) is 26.7. The Morgan fingerprint density at radius 2 is 1.56 bits per heavy atom. The first-order valence-corrected chi connectivity index (χ1v) is 11.1. The lowest BCUT2D eigenvalue weighted by Gasteiger charge is -2.24. The third kappa shape index (κ3) is 8.64. The van der Waals surface area contributed by atoms with E-state index in [1.165, 1.54) is 0 Å². The number of ketones is 1. The minimum atomic E-state index is -1.44. The van der Waals surface area contributed by atoms with Crippen molar-refractivity contribution in [2.45, 2.75) is 39.0 Å². The molecule has 0 radical (unpaired) electrons. The number of amides is 2. The predicted octanol–water partition coefficient (Wildman–Crippen LogP) is 2.91. The van der Waals surface area contributed by atoms with Crippen molar-refractivity contribution in [1.29, 1.82) is 0 Å². The quantitative estimate of drug-likeness (QED) is 0.425. The van der Waals surface area contributed by atoms with Crippen LogP contribution in [0.2, 0.25) is 0 Å². The normalized spacial score (nSPS) is 12.3. The first kappa shape index (κ1) is 28.2. The van der Waals surface area contributed by atoms with Crippen LogP contribution in [0.5, 0.6) is 5.75 Å². The summed E-state index contributed by atoms with van der Waals surface area (Å²) in [7, 11) is 1.10. The number of hydrogen-bond donors (Lipinski definition) is 2. The SMILES string of the molecule is COC(=O)C[C@H](NC(=O)[C@@H](NC(=O)OCc1ccccc1)C(C)C)C(=O)COc1c(F)cccc1F. The van der Waals surface area contributed by atoms with Crippen molar-refractivity contribution in [3.8, 4) is 5.75 Å². The van der Waals surface area contributed by atoms with E-state index in [4.69, 9.17) is 9.47 Å². The molecule has 0 bridgehead atoms. The molecule has 0 aliphatic heterocycles. The highest BCUT2D eigenvalue weighted by molar-refractivity contribution is 5.95. The first-order valence-electron chi connectivity index (χ1n) is 11.1. The third-order valence-electron chi connectivity index (χ3n) is 5.02. The molecule has 2 rings (SSSR count). The summed E-state index contributed by atoms with van der Waals surface area (Å²) >= 11 is 0. The van der Waals surface area contributed by atoms with Crippen molar-refractivity contribution >= 4 is 23.8 Å². The van der Waals surface area contributed by atoms with Crippen LogP contribution < -0.4 is 15.4 Å². The van der Waals surface area contributed by atoms with Crippen LogP contribution in [-0.4, -0.2) is 49.6 Å². The average Bonchev–Trinajstić information content (AvgIpc) is 2.85. The minimum absolute atomic E-state index is 0.0213. The molecule has 0 fully saturated rings. The number of carbonyl (C=O) groups excluding carboxylic acids is 4. The second-order valence-electron chi connectivity index (χ2n) is 8.07. The summed E-state index contributed by atoms with van der Waals surface area (Å²) in [5.41, 5.74) is 0.744. The number of esters is 1. The van der Waals surface area contributed by atoms with Gasteiger partial charge in [0.2, 0.25) is 5.91 Å². The van der Waals surface area contributed by atoms with Gasteiger partial charge in [0.25, 0.3) is 0 Å². The van der Waals surface area contributed by atoms with Gasteiger partial charge in [-0.1, -0.05) is 50.2 Å².